The highest BCUT2D eigenvalue weighted by atomic mass is 32.1. The molecule has 82 valence electrons. The fourth-order valence-electron chi connectivity index (χ4n) is 1.72. The Morgan fingerprint density at radius 2 is 1.88 bits per heavy atom. The van der Waals surface area contributed by atoms with E-state index in [1.807, 2.05) is 42.5 Å². The monoisotopic (exact) mass is 239 g/mol. The molecular weight excluding hydrogens is 230 g/mol. The van der Waals surface area contributed by atoms with E-state index in [-0.39, 0.29) is 0 Å². The minimum absolute atomic E-state index is 0.695. The van der Waals surface area contributed by atoms with Gasteiger partial charge in [-0.05, 0) is 18.2 Å². The Balaban J connectivity index is 2.17. The topological polar surface area (TPSA) is 30.0 Å². The second kappa shape index (κ2) is 4.11. The molecule has 0 unspecified atom stereocenters. The van der Waals surface area contributed by atoms with Crippen molar-refractivity contribution in [2.45, 2.75) is 0 Å². The van der Waals surface area contributed by atoms with Crippen molar-refractivity contribution in [3.8, 4) is 10.6 Å². The maximum absolute atomic E-state index is 10.7. The Labute approximate surface area is 103 Å². The fraction of sp³-hybridized carbons (Fsp3) is 0. The first-order chi connectivity index (χ1) is 8.36. The zero-order valence-electron chi connectivity index (χ0n) is 8.96. The van der Waals surface area contributed by atoms with Crippen molar-refractivity contribution >= 4 is 27.8 Å². The number of nitrogens with zero attached hydrogens (tertiary/aromatic N) is 1. The quantitative estimate of drug-likeness (QED) is 0.637. The molecule has 1 aromatic heterocycles. The normalized spacial score (nSPS) is 10.6. The highest BCUT2D eigenvalue weighted by molar-refractivity contribution is 7.21. The van der Waals surface area contributed by atoms with Gasteiger partial charge in [-0.1, -0.05) is 30.3 Å². The first kappa shape index (κ1) is 10.2. The van der Waals surface area contributed by atoms with Crippen molar-refractivity contribution in [3.63, 3.8) is 0 Å². The highest BCUT2D eigenvalue weighted by Gasteiger charge is 2.05. The second-order valence-electron chi connectivity index (χ2n) is 3.73. The Hall–Kier alpha value is -2.00. The molecule has 0 aliphatic heterocycles. The van der Waals surface area contributed by atoms with Crippen molar-refractivity contribution in [2.24, 2.45) is 0 Å². The predicted molar refractivity (Wildman–Crippen MR) is 70.4 cm³/mol. The van der Waals surface area contributed by atoms with E-state index in [2.05, 4.69) is 4.98 Å². The van der Waals surface area contributed by atoms with E-state index < -0.39 is 0 Å². The van der Waals surface area contributed by atoms with Crippen LogP contribution in [0, 0.1) is 0 Å². The van der Waals surface area contributed by atoms with Gasteiger partial charge in [0.25, 0.3) is 0 Å². The van der Waals surface area contributed by atoms with Crippen LogP contribution in [-0.4, -0.2) is 11.3 Å². The van der Waals surface area contributed by atoms with Gasteiger partial charge < -0.3 is 0 Å². The lowest BCUT2D eigenvalue weighted by atomic mass is 10.2. The van der Waals surface area contributed by atoms with Crippen LogP contribution >= 0.6 is 11.3 Å². The molecule has 0 N–H and O–H groups in total. The first-order valence-corrected chi connectivity index (χ1v) is 6.10. The number of fused-ring (bicyclic) bond motifs is 1. The van der Waals surface area contributed by atoms with Crippen molar-refractivity contribution in [2.75, 3.05) is 0 Å². The summed E-state index contributed by atoms with van der Waals surface area (Å²) in [6.45, 7) is 0. The Morgan fingerprint density at radius 3 is 2.65 bits per heavy atom. The number of benzene rings is 2. The second-order valence-corrected chi connectivity index (χ2v) is 4.76. The number of aromatic nitrogens is 1. The van der Waals surface area contributed by atoms with Crippen LogP contribution in [0.1, 0.15) is 10.4 Å². The minimum Gasteiger partial charge on any atom is -0.298 e. The summed E-state index contributed by atoms with van der Waals surface area (Å²) in [6, 6.07) is 15.6. The van der Waals surface area contributed by atoms with Crippen LogP contribution in [0.5, 0.6) is 0 Å². The molecule has 0 atom stereocenters. The zero-order chi connectivity index (χ0) is 11.7. The van der Waals surface area contributed by atoms with E-state index in [9.17, 15) is 4.79 Å². The Kier molecular flexibility index (Phi) is 2.46. The van der Waals surface area contributed by atoms with Crippen LogP contribution in [-0.2, 0) is 0 Å². The predicted octanol–water partition coefficient (Wildman–Crippen LogP) is 3.78. The summed E-state index contributed by atoms with van der Waals surface area (Å²) in [5, 5.41) is 0.989. The van der Waals surface area contributed by atoms with E-state index >= 15 is 0 Å². The molecular formula is C14H9NOS. The molecule has 0 amide bonds. The lowest BCUT2D eigenvalue weighted by Gasteiger charge is -1.92. The van der Waals surface area contributed by atoms with E-state index in [0.717, 1.165) is 27.1 Å². The Morgan fingerprint density at radius 1 is 1.06 bits per heavy atom. The van der Waals surface area contributed by atoms with Gasteiger partial charge in [-0.15, -0.1) is 11.3 Å². The van der Waals surface area contributed by atoms with Crippen LogP contribution in [0.4, 0.5) is 0 Å². The lowest BCUT2D eigenvalue weighted by Crippen LogP contribution is -1.77. The van der Waals surface area contributed by atoms with Crippen LogP contribution < -0.4 is 0 Å². The van der Waals surface area contributed by atoms with Crippen molar-refractivity contribution in [1.82, 2.24) is 4.98 Å². The summed E-state index contributed by atoms with van der Waals surface area (Å²) in [6.07, 6.45) is 0.862. The van der Waals surface area contributed by atoms with Gasteiger partial charge in [0.1, 0.15) is 11.3 Å². The minimum atomic E-state index is 0.695. The maximum atomic E-state index is 10.7. The molecule has 2 nitrogen and oxygen atoms in total. The summed E-state index contributed by atoms with van der Waals surface area (Å²) in [4.78, 5) is 15.3. The molecule has 3 aromatic rings. The first-order valence-electron chi connectivity index (χ1n) is 5.28. The van der Waals surface area contributed by atoms with Gasteiger partial charge in [-0.3, -0.25) is 4.79 Å². The molecule has 0 aliphatic carbocycles. The third-order valence-electron chi connectivity index (χ3n) is 2.57. The van der Waals surface area contributed by atoms with Crippen molar-refractivity contribution in [3.05, 3.63) is 54.1 Å². The number of carbonyl (C=O) groups excluding carboxylic acids is 1. The van der Waals surface area contributed by atoms with Crippen LogP contribution in [0.3, 0.4) is 0 Å². The van der Waals surface area contributed by atoms with E-state index in [4.69, 9.17) is 0 Å². The van der Waals surface area contributed by atoms with Gasteiger partial charge in [-0.2, -0.15) is 0 Å². The molecule has 0 radical (unpaired) electrons. The molecule has 0 saturated carbocycles. The number of aldehydes is 1. The van der Waals surface area contributed by atoms with E-state index in [0.29, 0.717) is 5.56 Å². The summed E-state index contributed by atoms with van der Waals surface area (Å²) in [5.41, 5.74) is 2.75. The van der Waals surface area contributed by atoms with E-state index in [1.165, 1.54) is 0 Å². The Bertz CT molecular complexity index is 673. The third kappa shape index (κ3) is 1.85. The molecule has 3 heteroatoms. The molecule has 0 spiro atoms. The zero-order valence-corrected chi connectivity index (χ0v) is 9.78. The number of hydrogen-bond donors (Lipinski definition) is 0. The van der Waals surface area contributed by atoms with Gasteiger partial charge in [0.15, 0.2) is 0 Å². The van der Waals surface area contributed by atoms with Crippen LogP contribution in [0.25, 0.3) is 20.8 Å². The lowest BCUT2D eigenvalue weighted by molar-refractivity contribution is 0.112. The van der Waals surface area contributed by atoms with Crippen molar-refractivity contribution < 1.29 is 4.79 Å². The SMILES string of the molecule is O=Cc1ccc2nc(-c3ccccc3)sc2c1. The van der Waals surface area contributed by atoms with Crippen LogP contribution in [0.15, 0.2) is 48.5 Å². The van der Waals surface area contributed by atoms with Crippen molar-refractivity contribution in [1.29, 1.82) is 0 Å². The summed E-state index contributed by atoms with van der Waals surface area (Å²) in [7, 11) is 0. The average Bonchev–Trinajstić information content (AvgIpc) is 2.82. The summed E-state index contributed by atoms with van der Waals surface area (Å²) in [5.74, 6) is 0. The maximum Gasteiger partial charge on any atom is 0.150 e. The molecule has 0 aliphatic rings. The molecule has 2 aromatic carbocycles. The molecule has 0 saturated heterocycles. The number of rotatable bonds is 2. The van der Waals surface area contributed by atoms with Gasteiger partial charge in [-0.25, -0.2) is 4.98 Å². The molecule has 1 heterocycles. The highest BCUT2D eigenvalue weighted by Crippen LogP contribution is 2.30. The van der Waals surface area contributed by atoms with Crippen LogP contribution in [0.2, 0.25) is 0 Å². The van der Waals surface area contributed by atoms with Gasteiger partial charge >= 0.3 is 0 Å². The summed E-state index contributed by atoms with van der Waals surface area (Å²) < 4.78 is 1.05. The van der Waals surface area contributed by atoms with Gasteiger partial charge in [0.2, 0.25) is 0 Å². The number of hydrogen-bond acceptors (Lipinski definition) is 3. The standard InChI is InChI=1S/C14H9NOS/c16-9-10-6-7-12-13(8-10)17-14(15-12)11-4-2-1-3-5-11/h1-9H. The summed E-state index contributed by atoms with van der Waals surface area (Å²) >= 11 is 1.61. The fourth-order valence-corrected chi connectivity index (χ4v) is 2.74. The van der Waals surface area contributed by atoms with E-state index in [1.54, 1.807) is 17.4 Å². The van der Waals surface area contributed by atoms with Gasteiger partial charge in [0.05, 0.1) is 10.2 Å². The molecule has 0 fully saturated rings. The molecule has 17 heavy (non-hydrogen) atoms. The average molecular weight is 239 g/mol. The van der Waals surface area contributed by atoms with Gasteiger partial charge in [0, 0.05) is 11.1 Å². The molecule has 0 bridgehead atoms. The molecule has 3 rings (SSSR count). The number of carbonyl (C=O) groups is 1. The number of thiazole rings is 1. The smallest absolute Gasteiger partial charge is 0.150 e. The third-order valence-corrected chi connectivity index (χ3v) is 3.64. The largest absolute Gasteiger partial charge is 0.298 e.